The van der Waals surface area contributed by atoms with Crippen LogP contribution in [0, 0.1) is 0 Å². The highest BCUT2D eigenvalue weighted by atomic mass is 16.5. The molecule has 10 nitrogen and oxygen atoms in total. The molecule has 2 amide bonds. The number of methoxy groups -OCH3 is 2. The third kappa shape index (κ3) is 7.52. The molecule has 10 heteroatoms. The highest BCUT2D eigenvalue weighted by Crippen LogP contribution is 2.51. The number of aromatic hydroxyl groups is 3. The van der Waals surface area contributed by atoms with Gasteiger partial charge in [0.15, 0.2) is 23.0 Å². The first-order chi connectivity index (χ1) is 22.2. The summed E-state index contributed by atoms with van der Waals surface area (Å²) in [6.45, 7) is 0.765. The van der Waals surface area contributed by atoms with E-state index in [0.29, 0.717) is 54.1 Å². The van der Waals surface area contributed by atoms with Crippen molar-refractivity contribution in [3.05, 3.63) is 113 Å². The van der Waals surface area contributed by atoms with Crippen molar-refractivity contribution >= 4 is 17.9 Å². The Bertz CT molecular complexity index is 1720. The third-order valence-corrected chi connectivity index (χ3v) is 7.75. The van der Waals surface area contributed by atoms with Crippen molar-refractivity contribution in [1.29, 1.82) is 0 Å². The summed E-state index contributed by atoms with van der Waals surface area (Å²) in [6.07, 6.45) is 3.47. The first-order valence-electron chi connectivity index (χ1n) is 14.8. The summed E-state index contributed by atoms with van der Waals surface area (Å²) >= 11 is 0. The largest absolute Gasteiger partial charge is 0.508 e. The number of carbonyl (C=O) groups excluding carboxylic acids is 2. The van der Waals surface area contributed by atoms with Crippen molar-refractivity contribution in [2.24, 2.45) is 0 Å². The van der Waals surface area contributed by atoms with Crippen molar-refractivity contribution in [3.8, 4) is 34.5 Å². The number of fused-ring (bicyclic) bond motifs is 1. The summed E-state index contributed by atoms with van der Waals surface area (Å²) in [5.74, 6) is 0.0356. The van der Waals surface area contributed by atoms with E-state index in [-0.39, 0.29) is 34.8 Å². The average Bonchev–Trinajstić information content (AvgIpc) is 3.45. The molecule has 46 heavy (non-hydrogen) atoms. The van der Waals surface area contributed by atoms with Crippen LogP contribution in [0.2, 0.25) is 0 Å². The van der Waals surface area contributed by atoms with Crippen molar-refractivity contribution in [1.82, 2.24) is 10.6 Å². The molecule has 0 aliphatic carbocycles. The SMILES string of the molecule is COc1cc([C@@H]2Oc3c(OC)cc(/C=C\C(=O)NCCc4ccc(O)cc4)cc3[C@H]2C(=O)NCCc2ccc(O)cc2)ccc1O. The van der Waals surface area contributed by atoms with Crippen LogP contribution in [0.3, 0.4) is 0 Å². The molecule has 0 saturated heterocycles. The van der Waals surface area contributed by atoms with Gasteiger partial charge in [-0.25, -0.2) is 0 Å². The molecule has 238 valence electrons. The maximum Gasteiger partial charge on any atom is 0.244 e. The molecule has 0 fully saturated rings. The molecule has 4 aromatic carbocycles. The minimum absolute atomic E-state index is 0.0389. The topological polar surface area (TPSA) is 147 Å². The van der Waals surface area contributed by atoms with Crippen LogP contribution in [-0.2, 0) is 22.4 Å². The van der Waals surface area contributed by atoms with Gasteiger partial charge in [0.25, 0.3) is 0 Å². The number of ether oxygens (including phenoxy) is 3. The smallest absolute Gasteiger partial charge is 0.244 e. The van der Waals surface area contributed by atoms with Gasteiger partial charge in [-0.05, 0) is 89.7 Å². The number of hydrogen-bond donors (Lipinski definition) is 5. The Labute approximate surface area is 266 Å². The van der Waals surface area contributed by atoms with E-state index in [1.807, 2.05) is 0 Å². The number of hydrogen-bond acceptors (Lipinski definition) is 8. The Hall–Kier alpha value is -5.64. The van der Waals surface area contributed by atoms with Gasteiger partial charge < -0.3 is 40.2 Å². The second kappa shape index (κ2) is 14.4. The van der Waals surface area contributed by atoms with Gasteiger partial charge in [-0.3, -0.25) is 9.59 Å². The Balaban J connectivity index is 1.37. The van der Waals surface area contributed by atoms with Gasteiger partial charge in [0, 0.05) is 24.7 Å². The predicted octanol–water partition coefficient (Wildman–Crippen LogP) is 4.77. The maximum atomic E-state index is 13.8. The van der Waals surface area contributed by atoms with E-state index >= 15 is 0 Å². The van der Waals surface area contributed by atoms with Gasteiger partial charge in [-0.2, -0.15) is 0 Å². The normalized spacial score (nSPS) is 15.2. The Kier molecular flexibility index (Phi) is 9.97. The molecule has 1 aliphatic rings. The number of phenols is 3. The van der Waals surface area contributed by atoms with Crippen LogP contribution in [0.15, 0.2) is 84.9 Å². The van der Waals surface area contributed by atoms with Crippen LogP contribution in [-0.4, -0.2) is 54.4 Å². The van der Waals surface area contributed by atoms with Crippen LogP contribution in [0.25, 0.3) is 6.08 Å². The van der Waals surface area contributed by atoms with Crippen LogP contribution in [0.5, 0.6) is 34.5 Å². The van der Waals surface area contributed by atoms with Crippen molar-refractivity contribution in [2.75, 3.05) is 27.3 Å². The molecule has 1 aliphatic heterocycles. The molecule has 0 spiro atoms. The molecule has 5 rings (SSSR count). The number of benzene rings is 4. The molecule has 0 unspecified atom stereocenters. The second-order valence-electron chi connectivity index (χ2n) is 10.8. The van der Waals surface area contributed by atoms with Gasteiger partial charge in [0.05, 0.1) is 14.2 Å². The number of rotatable bonds is 12. The van der Waals surface area contributed by atoms with Crippen molar-refractivity contribution < 1.29 is 39.1 Å². The Morgan fingerprint density at radius 3 is 2.00 bits per heavy atom. The average molecular weight is 625 g/mol. The lowest BCUT2D eigenvalue weighted by molar-refractivity contribution is -0.124. The molecule has 0 radical (unpaired) electrons. The lowest BCUT2D eigenvalue weighted by atomic mass is 9.89. The third-order valence-electron chi connectivity index (χ3n) is 7.75. The van der Waals surface area contributed by atoms with E-state index in [0.717, 1.165) is 11.1 Å². The van der Waals surface area contributed by atoms with Gasteiger partial charge in [0.1, 0.15) is 23.5 Å². The van der Waals surface area contributed by atoms with Crippen LogP contribution >= 0.6 is 0 Å². The van der Waals surface area contributed by atoms with E-state index in [2.05, 4.69) is 10.6 Å². The lowest BCUT2D eigenvalue weighted by Crippen LogP contribution is -2.33. The number of amides is 2. The van der Waals surface area contributed by atoms with Gasteiger partial charge in [-0.1, -0.05) is 30.3 Å². The highest BCUT2D eigenvalue weighted by molar-refractivity contribution is 5.92. The molecule has 0 bridgehead atoms. The fourth-order valence-electron chi connectivity index (χ4n) is 5.35. The predicted molar refractivity (Wildman–Crippen MR) is 172 cm³/mol. The zero-order chi connectivity index (χ0) is 32.6. The monoisotopic (exact) mass is 624 g/mol. The zero-order valence-electron chi connectivity index (χ0n) is 25.5. The van der Waals surface area contributed by atoms with Gasteiger partial charge >= 0.3 is 0 Å². The standard InChI is InChI=1S/C36H36N2O8/c1-44-30-21-25(8-13-29(30)41)34-33(36(43)38-18-16-23-5-11-27(40)12-6-23)28-19-24(20-31(45-2)35(28)46-34)7-14-32(42)37-17-15-22-3-9-26(39)10-4-22/h3-14,19-21,33-34,39-41H,15-18H2,1-2H3,(H,37,42)(H,38,43)/b14-7-/t33-,34+/m1/s1. The van der Waals surface area contributed by atoms with Gasteiger partial charge in [0.2, 0.25) is 11.8 Å². The quantitative estimate of drug-likeness (QED) is 0.142. The van der Waals surface area contributed by atoms with E-state index in [1.54, 1.807) is 78.9 Å². The first kappa shape index (κ1) is 31.8. The fraction of sp³-hybridized carbons (Fsp3) is 0.222. The lowest BCUT2D eigenvalue weighted by Gasteiger charge is -2.20. The van der Waals surface area contributed by atoms with Crippen LogP contribution in [0.1, 0.15) is 39.8 Å². The zero-order valence-corrected chi connectivity index (χ0v) is 25.5. The Morgan fingerprint density at radius 1 is 0.783 bits per heavy atom. The number of nitrogens with one attached hydrogen (secondary N) is 2. The highest BCUT2D eigenvalue weighted by Gasteiger charge is 2.42. The summed E-state index contributed by atoms with van der Waals surface area (Å²) in [5, 5.41) is 35.1. The van der Waals surface area contributed by atoms with E-state index < -0.39 is 12.0 Å². The summed E-state index contributed by atoms with van der Waals surface area (Å²) in [7, 11) is 2.95. The first-order valence-corrected chi connectivity index (χ1v) is 14.8. The summed E-state index contributed by atoms with van der Waals surface area (Å²) in [6, 6.07) is 22.0. The summed E-state index contributed by atoms with van der Waals surface area (Å²) in [4.78, 5) is 26.4. The molecule has 0 aromatic heterocycles. The molecule has 4 aromatic rings. The maximum absolute atomic E-state index is 13.8. The van der Waals surface area contributed by atoms with Crippen molar-refractivity contribution in [2.45, 2.75) is 24.9 Å². The van der Waals surface area contributed by atoms with Gasteiger partial charge in [-0.15, -0.1) is 0 Å². The second-order valence-corrected chi connectivity index (χ2v) is 10.8. The van der Waals surface area contributed by atoms with Crippen LogP contribution < -0.4 is 24.8 Å². The Morgan fingerprint density at radius 2 is 1.39 bits per heavy atom. The van der Waals surface area contributed by atoms with Crippen LogP contribution in [0.4, 0.5) is 0 Å². The molecular weight excluding hydrogens is 588 g/mol. The van der Waals surface area contributed by atoms with E-state index in [9.17, 15) is 24.9 Å². The van der Waals surface area contributed by atoms with Crippen molar-refractivity contribution in [3.63, 3.8) is 0 Å². The molecule has 0 saturated carbocycles. The molecule has 1 heterocycles. The fourth-order valence-corrected chi connectivity index (χ4v) is 5.35. The summed E-state index contributed by atoms with van der Waals surface area (Å²) < 4.78 is 17.3. The van der Waals surface area contributed by atoms with E-state index in [1.165, 1.54) is 26.4 Å². The minimum Gasteiger partial charge on any atom is -0.508 e. The molecule has 2 atom stereocenters. The minimum atomic E-state index is -0.787. The van der Waals surface area contributed by atoms with E-state index in [4.69, 9.17) is 14.2 Å². The molecular formula is C36H36N2O8. The molecule has 5 N–H and O–H groups in total. The summed E-state index contributed by atoms with van der Waals surface area (Å²) in [5.41, 5.74) is 3.79. The number of carbonyl (C=O) groups is 2. The number of phenolic OH excluding ortho intramolecular Hbond substituents is 3.